The summed E-state index contributed by atoms with van der Waals surface area (Å²) in [6.07, 6.45) is 2.63. The maximum absolute atomic E-state index is 13.4. The molecule has 5 rings (SSSR count). The van der Waals surface area contributed by atoms with Crippen LogP contribution in [-0.4, -0.2) is 43.6 Å². The number of carbonyl (C=O) groups excluding carboxylic acids is 1. The largest absolute Gasteiger partial charge is 0.319 e. The molecule has 0 spiro atoms. The predicted molar refractivity (Wildman–Crippen MR) is 105 cm³/mol. The van der Waals surface area contributed by atoms with E-state index in [1.54, 1.807) is 12.1 Å². The van der Waals surface area contributed by atoms with Crippen LogP contribution in [0.5, 0.6) is 0 Å². The number of carbonyl (C=O) groups is 1. The first-order chi connectivity index (χ1) is 14.2. The van der Waals surface area contributed by atoms with E-state index in [4.69, 9.17) is 0 Å². The van der Waals surface area contributed by atoms with Gasteiger partial charge in [-0.2, -0.15) is 0 Å². The quantitative estimate of drug-likeness (QED) is 0.738. The number of fused-ring (bicyclic) bond motifs is 2. The molecule has 3 aromatic rings. The van der Waals surface area contributed by atoms with E-state index in [9.17, 15) is 9.18 Å². The van der Waals surface area contributed by atoms with Crippen molar-refractivity contribution in [1.29, 1.82) is 0 Å². The highest BCUT2D eigenvalue weighted by Crippen LogP contribution is 2.33. The lowest BCUT2D eigenvalue weighted by atomic mass is 9.89. The molecule has 1 aromatic carbocycles. The Labute approximate surface area is 167 Å². The summed E-state index contributed by atoms with van der Waals surface area (Å²) in [5, 5.41) is 11.1. The van der Waals surface area contributed by atoms with Crippen molar-refractivity contribution in [3.05, 3.63) is 71.8 Å². The molecular formula is C21H21FN6O. The summed E-state index contributed by atoms with van der Waals surface area (Å²) < 4.78 is 15.3. The molecule has 29 heavy (non-hydrogen) atoms. The van der Waals surface area contributed by atoms with Gasteiger partial charge in [0, 0.05) is 44.5 Å². The molecule has 2 aliphatic heterocycles. The molecule has 1 saturated heterocycles. The van der Waals surface area contributed by atoms with Gasteiger partial charge in [-0.05, 0) is 42.2 Å². The minimum Gasteiger partial charge on any atom is -0.319 e. The number of benzene rings is 1. The Balaban J connectivity index is 1.29. The first-order valence-electron chi connectivity index (χ1n) is 9.77. The summed E-state index contributed by atoms with van der Waals surface area (Å²) in [6, 6.07) is 11.8. The number of hydrogen-bond donors (Lipinski definition) is 1. The van der Waals surface area contributed by atoms with Crippen LogP contribution in [0.25, 0.3) is 0 Å². The summed E-state index contributed by atoms with van der Waals surface area (Å²) in [7, 11) is 0. The fourth-order valence-corrected chi connectivity index (χ4v) is 4.39. The van der Waals surface area contributed by atoms with Crippen LogP contribution < -0.4 is 5.32 Å². The predicted octanol–water partition coefficient (Wildman–Crippen LogP) is 2.37. The third-order valence-corrected chi connectivity index (χ3v) is 5.74. The van der Waals surface area contributed by atoms with Gasteiger partial charge in [0.2, 0.25) is 5.82 Å². The van der Waals surface area contributed by atoms with Crippen LogP contribution in [0.3, 0.4) is 0 Å². The topological polar surface area (TPSA) is 75.9 Å². The molecule has 2 atom stereocenters. The maximum Gasteiger partial charge on any atom is 0.293 e. The molecule has 148 valence electrons. The summed E-state index contributed by atoms with van der Waals surface area (Å²) in [5.74, 6) is 1.32. The average molecular weight is 392 g/mol. The Morgan fingerprint density at radius 3 is 2.83 bits per heavy atom. The van der Waals surface area contributed by atoms with E-state index in [1.807, 2.05) is 29.0 Å². The van der Waals surface area contributed by atoms with Crippen molar-refractivity contribution in [2.24, 2.45) is 11.8 Å². The Bertz CT molecular complexity index is 1040. The highest BCUT2D eigenvalue weighted by atomic mass is 19.1. The van der Waals surface area contributed by atoms with Gasteiger partial charge >= 0.3 is 0 Å². The number of hydrogen-bond acceptors (Lipinski definition) is 5. The van der Waals surface area contributed by atoms with Crippen LogP contribution >= 0.6 is 0 Å². The monoisotopic (exact) mass is 392 g/mol. The van der Waals surface area contributed by atoms with Gasteiger partial charge in [-0.25, -0.2) is 4.39 Å². The van der Waals surface area contributed by atoms with Crippen LogP contribution in [-0.2, 0) is 19.5 Å². The number of pyridine rings is 1. The molecule has 7 nitrogen and oxygen atoms in total. The van der Waals surface area contributed by atoms with E-state index in [-0.39, 0.29) is 11.7 Å². The van der Waals surface area contributed by atoms with Crippen molar-refractivity contribution in [3.8, 4) is 0 Å². The van der Waals surface area contributed by atoms with Crippen molar-refractivity contribution in [2.75, 3.05) is 18.4 Å². The standard InChI is InChI=1S/C21H21FN6O/c22-16-4-3-6-17(9-16)24-21(29)20-26-25-19-8-14-10-27(11-15(14)12-28(19)20)13-18-5-1-2-7-23-18/h1-7,9,14-15H,8,10-13H2,(H,24,29)/t14-,15+/m0/s1. The fraction of sp³-hybridized carbons (Fsp3) is 0.333. The molecular weight excluding hydrogens is 371 g/mol. The van der Waals surface area contributed by atoms with Gasteiger partial charge in [0.05, 0.1) is 5.69 Å². The molecule has 0 saturated carbocycles. The van der Waals surface area contributed by atoms with E-state index >= 15 is 0 Å². The minimum atomic E-state index is -0.395. The zero-order valence-corrected chi connectivity index (χ0v) is 15.8. The van der Waals surface area contributed by atoms with E-state index in [2.05, 4.69) is 25.4 Å². The second-order valence-corrected chi connectivity index (χ2v) is 7.75. The second kappa shape index (κ2) is 7.36. The van der Waals surface area contributed by atoms with Crippen molar-refractivity contribution in [2.45, 2.75) is 19.5 Å². The molecule has 0 radical (unpaired) electrons. The summed E-state index contributed by atoms with van der Waals surface area (Å²) >= 11 is 0. The lowest BCUT2D eigenvalue weighted by Gasteiger charge is -2.25. The fourth-order valence-electron chi connectivity index (χ4n) is 4.39. The van der Waals surface area contributed by atoms with E-state index in [1.165, 1.54) is 12.1 Å². The molecule has 0 unspecified atom stereocenters. The van der Waals surface area contributed by atoms with E-state index in [0.29, 0.717) is 17.5 Å². The number of likely N-dealkylation sites (tertiary alicyclic amines) is 1. The number of nitrogens with zero attached hydrogens (tertiary/aromatic N) is 5. The van der Waals surface area contributed by atoms with Crippen molar-refractivity contribution >= 4 is 11.6 Å². The van der Waals surface area contributed by atoms with Gasteiger partial charge in [0.25, 0.3) is 5.91 Å². The van der Waals surface area contributed by atoms with E-state index in [0.717, 1.165) is 44.1 Å². The number of rotatable bonds is 4. The van der Waals surface area contributed by atoms with Crippen molar-refractivity contribution < 1.29 is 9.18 Å². The zero-order chi connectivity index (χ0) is 19.8. The van der Waals surface area contributed by atoms with Crippen LogP contribution in [0.1, 0.15) is 22.1 Å². The Hall–Kier alpha value is -3.13. The maximum atomic E-state index is 13.4. The zero-order valence-electron chi connectivity index (χ0n) is 15.8. The lowest BCUT2D eigenvalue weighted by Crippen LogP contribution is -2.31. The van der Waals surface area contributed by atoms with Gasteiger partial charge in [0.1, 0.15) is 11.6 Å². The Morgan fingerprint density at radius 1 is 1.10 bits per heavy atom. The molecule has 1 amide bonds. The second-order valence-electron chi connectivity index (χ2n) is 7.75. The molecule has 4 heterocycles. The van der Waals surface area contributed by atoms with Crippen LogP contribution in [0.2, 0.25) is 0 Å². The average Bonchev–Trinajstić information content (AvgIpc) is 3.29. The number of anilines is 1. The van der Waals surface area contributed by atoms with Gasteiger partial charge < -0.3 is 9.88 Å². The molecule has 1 N–H and O–H groups in total. The molecule has 0 bridgehead atoms. The Kier molecular flexibility index (Phi) is 4.55. The summed E-state index contributed by atoms with van der Waals surface area (Å²) in [5.41, 5.74) is 1.48. The third-order valence-electron chi connectivity index (χ3n) is 5.74. The molecule has 1 fully saturated rings. The Morgan fingerprint density at radius 2 is 2.00 bits per heavy atom. The van der Waals surface area contributed by atoms with Crippen LogP contribution in [0.4, 0.5) is 10.1 Å². The first kappa shape index (κ1) is 17.9. The highest BCUT2D eigenvalue weighted by molar-refractivity contribution is 6.01. The number of aromatic nitrogens is 4. The van der Waals surface area contributed by atoms with E-state index < -0.39 is 5.82 Å². The van der Waals surface area contributed by atoms with Gasteiger partial charge in [-0.3, -0.25) is 14.7 Å². The van der Waals surface area contributed by atoms with Gasteiger partial charge in [-0.15, -0.1) is 10.2 Å². The number of halogens is 1. The third kappa shape index (κ3) is 3.63. The smallest absolute Gasteiger partial charge is 0.293 e. The molecule has 8 heteroatoms. The number of amides is 1. The van der Waals surface area contributed by atoms with Crippen molar-refractivity contribution in [1.82, 2.24) is 24.6 Å². The van der Waals surface area contributed by atoms with Crippen molar-refractivity contribution in [3.63, 3.8) is 0 Å². The summed E-state index contributed by atoms with van der Waals surface area (Å²) in [6.45, 7) is 3.52. The minimum absolute atomic E-state index is 0.283. The van der Waals surface area contributed by atoms with Crippen LogP contribution in [0.15, 0.2) is 48.7 Å². The van der Waals surface area contributed by atoms with Gasteiger partial charge in [0.15, 0.2) is 0 Å². The van der Waals surface area contributed by atoms with Crippen LogP contribution in [0, 0.1) is 17.7 Å². The molecule has 2 aromatic heterocycles. The lowest BCUT2D eigenvalue weighted by molar-refractivity contribution is 0.100. The highest BCUT2D eigenvalue weighted by Gasteiger charge is 2.39. The first-order valence-corrected chi connectivity index (χ1v) is 9.77. The molecule has 0 aliphatic carbocycles. The molecule has 2 aliphatic rings. The van der Waals surface area contributed by atoms with Gasteiger partial charge in [-0.1, -0.05) is 12.1 Å². The summed E-state index contributed by atoms with van der Waals surface area (Å²) in [4.78, 5) is 19.5. The number of nitrogens with one attached hydrogen (secondary N) is 1. The SMILES string of the molecule is O=C(Nc1cccc(F)c1)c1nnc2n1C[C@H]1CN(Cc3ccccn3)C[C@@H]1C2. The normalized spacial score (nSPS) is 20.9.